The van der Waals surface area contributed by atoms with E-state index in [-0.39, 0.29) is 6.04 Å². The molecule has 2 heterocycles. The fraction of sp³-hybridized carbons (Fsp3) is 0.188. The van der Waals surface area contributed by atoms with E-state index >= 15 is 0 Å². The van der Waals surface area contributed by atoms with Crippen LogP contribution in [0.25, 0.3) is 21.1 Å². The van der Waals surface area contributed by atoms with Gasteiger partial charge in [-0.1, -0.05) is 18.1 Å². The quantitative estimate of drug-likeness (QED) is 0.687. The number of fused-ring (bicyclic) bond motifs is 3. The van der Waals surface area contributed by atoms with Crippen LogP contribution < -0.4 is 5.73 Å². The maximum atomic E-state index is 9.39. The highest BCUT2D eigenvalue weighted by molar-refractivity contribution is 7.24. The second-order valence-corrected chi connectivity index (χ2v) is 5.99. The molecule has 2 aromatic heterocycles. The number of anilines is 1. The Hall–Kier alpha value is -2.43. The topological polar surface area (TPSA) is 54.7 Å². The molecule has 0 spiro atoms. The van der Waals surface area contributed by atoms with Crippen molar-refractivity contribution in [1.29, 1.82) is 5.26 Å². The number of hydrogen-bond acceptors (Lipinski definition) is 3. The van der Waals surface area contributed by atoms with Gasteiger partial charge in [-0.15, -0.1) is 17.8 Å². The van der Waals surface area contributed by atoms with Gasteiger partial charge in [-0.25, -0.2) is 0 Å². The number of nitrogens with zero attached hydrogens (tertiary/aromatic N) is 2. The van der Waals surface area contributed by atoms with Crippen LogP contribution in [0.15, 0.2) is 18.2 Å². The first-order valence-electron chi connectivity index (χ1n) is 6.31. The molecule has 0 aliphatic carbocycles. The summed E-state index contributed by atoms with van der Waals surface area (Å²) >= 11 is 1.46. The molecule has 0 saturated heterocycles. The van der Waals surface area contributed by atoms with Gasteiger partial charge in [0.05, 0.1) is 15.7 Å². The first-order valence-corrected chi connectivity index (χ1v) is 7.13. The van der Waals surface area contributed by atoms with Crippen molar-refractivity contribution in [2.45, 2.75) is 19.9 Å². The summed E-state index contributed by atoms with van der Waals surface area (Å²) in [4.78, 5) is 0. The Morgan fingerprint density at radius 3 is 2.70 bits per heavy atom. The maximum Gasteiger partial charge on any atom is 0.110 e. The molecule has 0 fully saturated rings. The molecule has 4 heteroatoms. The summed E-state index contributed by atoms with van der Waals surface area (Å²) in [5, 5.41) is 11.0. The zero-order valence-electron chi connectivity index (χ0n) is 11.3. The van der Waals surface area contributed by atoms with Gasteiger partial charge in [-0.05, 0) is 19.9 Å². The summed E-state index contributed by atoms with van der Waals surface area (Å²) in [6.07, 6.45) is 5.63. The minimum atomic E-state index is 0.200. The lowest BCUT2D eigenvalue weighted by Gasteiger charge is -2.12. The predicted octanol–water partition coefficient (Wildman–Crippen LogP) is 3.87. The van der Waals surface area contributed by atoms with Crippen molar-refractivity contribution in [2.24, 2.45) is 0 Å². The number of aromatic nitrogens is 1. The fourth-order valence-corrected chi connectivity index (χ4v) is 3.73. The third kappa shape index (κ3) is 1.46. The van der Waals surface area contributed by atoms with E-state index in [0.29, 0.717) is 10.6 Å². The zero-order chi connectivity index (χ0) is 14.4. The van der Waals surface area contributed by atoms with E-state index in [9.17, 15) is 5.26 Å². The Morgan fingerprint density at radius 2 is 2.10 bits per heavy atom. The van der Waals surface area contributed by atoms with Crippen molar-refractivity contribution >= 4 is 37.5 Å². The summed E-state index contributed by atoms with van der Waals surface area (Å²) < 4.78 is 3.17. The van der Waals surface area contributed by atoms with Crippen LogP contribution in [-0.4, -0.2) is 4.57 Å². The number of nitrogen functional groups attached to an aromatic ring is 1. The Kier molecular flexibility index (Phi) is 2.71. The van der Waals surface area contributed by atoms with E-state index in [1.165, 1.54) is 11.3 Å². The van der Waals surface area contributed by atoms with Crippen LogP contribution in [0.4, 0.5) is 5.00 Å². The van der Waals surface area contributed by atoms with E-state index in [2.05, 4.69) is 30.4 Å². The molecule has 0 atom stereocenters. The molecule has 0 amide bonds. The number of hydrogen-bond donors (Lipinski definition) is 1. The van der Waals surface area contributed by atoms with Gasteiger partial charge in [0.1, 0.15) is 16.6 Å². The van der Waals surface area contributed by atoms with Crippen LogP contribution in [0.1, 0.15) is 31.0 Å². The van der Waals surface area contributed by atoms with Gasteiger partial charge in [-0.2, -0.15) is 5.26 Å². The van der Waals surface area contributed by atoms with Gasteiger partial charge in [0, 0.05) is 17.0 Å². The molecule has 0 saturated carbocycles. The van der Waals surface area contributed by atoms with Crippen LogP contribution in [0.3, 0.4) is 0 Å². The molecular formula is C16H13N3S. The normalized spacial score (nSPS) is 11.1. The third-order valence-electron chi connectivity index (χ3n) is 3.46. The average molecular weight is 279 g/mol. The van der Waals surface area contributed by atoms with E-state index in [1.54, 1.807) is 0 Å². The largest absolute Gasteiger partial charge is 0.389 e. The van der Waals surface area contributed by atoms with Gasteiger partial charge in [-0.3, -0.25) is 0 Å². The standard InChI is InChI=1S/C16H13N3S/c1-4-10-6-5-7-11-13(10)19(9(2)3)14-12(8-17)16(18)20-15(11)14/h1,5-7,9H,18H2,2-3H3. The Balaban J connectivity index is 2.67. The summed E-state index contributed by atoms with van der Waals surface area (Å²) in [7, 11) is 0. The van der Waals surface area contributed by atoms with Crippen molar-refractivity contribution in [1.82, 2.24) is 4.57 Å². The molecule has 0 unspecified atom stereocenters. The molecule has 2 N–H and O–H groups in total. The van der Waals surface area contributed by atoms with E-state index in [0.717, 1.165) is 26.7 Å². The molecule has 20 heavy (non-hydrogen) atoms. The number of thiophene rings is 1. The molecular weight excluding hydrogens is 266 g/mol. The van der Waals surface area contributed by atoms with E-state index in [4.69, 9.17) is 12.2 Å². The lowest BCUT2D eigenvalue weighted by atomic mass is 10.1. The molecule has 0 bridgehead atoms. The smallest absolute Gasteiger partial charge is 0.110 e. The number of benzene rings is 1. The summed E-state index contributed by atoms with van der Waals surface area (Å²) in [6, 6.07) is 8.34. The van der Waals surface area contributed by atoms with Crippen molar-refractivity contribution in [3.05, 3.63) is 29.3 Å². The second kappa shape index (κ2) is 4.30. The average Bonchev–Trinajstić information content (AvgIpc) is 2.91. The van der Waals surface area contributed by atoms with Crippen LogP contribution >= 0.6 is 11.3 Å². The highest BCUT2D eigenvalue weighted by Crippen LogP contribution is 2.42. The van der Waals surface area contributed by atoms with Crippen molar-refractivity contribution < 1.29 is 0 Å². The zero-order valence-corrected chi connectivity index (χ0v) is 12.1. The van der Waals surface area contributed by atoms with Crippen molar-refractivity contribution in [3.63, 3.8) is 0 Å². The number of nitrogens with two attached hydrogens (primary N) is 1. The molecule has 3 rings (SSSR count). The molecule has 3 aromatic rings. The van der Waals surface area contributed by atoms with Gasteiger partial charge in [0.15, 0.2) is 0 Å². The summed E-state index contributed by atoms with van der Waals surface area (Å²) in [5.41, 5.74) is 9.31. The number of nitriles is 1. The molecule has 1 aromatic carbocycles. The van der Waals surface area contributed by atoms with Crippen molar-refractivity contribution in [3.8, 4) is 18.4 Å². The van der Waals surface area contributed by atoms with Crippen LogP contribution in [0.2, 0.25) is 0 Å². The Labute approximate surface area is 121 Å². The SMILES string of the molecule is C#Cc1cccc2c3sc(N)c(C#N)c3n(C(C)C)c12. The summed E-state index contributed by atoms with van der Waals surface area (Å²) in [6.45, 7) is 4.17. The Bertz CT molecular complexity index is 913. The molecule has 0 radical (unpaired) electrons. The Morgan fingerprint density at radius 1 is 1.35 bits per heavy atom. The van der Waals surface area contributed by atoms with Crippen molar-refractivity contribution in [2.75, 3.05) is 5.73 Å². The molecule has 0 aliphatic heterocycles. The lowest BCUT2D eigenvalue weighted by molar-refractivity contribution is 0.642. The first-order chi connectivity index (χ1) is 9.60. The molecule has 98 valence electrons. The van der Waals surface area contributed by atoms with Crippen LogP contribution in [0.5, 0.6) is 0 Å². The van der Waals surface area contributed by atoms with Gasteiger partial charge in [0.2, 0.25) is 0 Å². The molecule has 3 nitrogen and oxygen atoms in total. The highest BCUT2D eigenvalue weighted by Gasteiger charge is 2.21. The first kappa shape index (κ1) is 12.6. The minimum Gasteiger partial charge on any atom is -0.389 e. The van der Waals surface area contributed by atoms with Gasteiger partial charge < -0.3 is 10.3 Å². The van der Waals surface area contributed by atoms with E-state index in [1.807, 2.05) is 18.2 Å². The number of para-hydroxylation sites is 1. The minimum absolute atomic E-state index is 0.200. The van der Waals surface area contributed by atoms with Gasteiger partial charge in [0.25, 0.3) is 0 Å². The maximum absolute atomic E-state index is 9.39. The van der Waals surface area contributed by atoms with Crippen LogP contribution in [0, 0.1) is 23.7 Å². The van der Waals surface area contributed by atoms with Crippen LogP contribution in [-0.2, 0) is 0 Å². The number of rotatable bonds is 1. The van der Waals surface area contributed by atoms with E-state index < -0.39 is 0 Å². The lowest BCUT2D eigenvalue weighted by Crippen LogP contribution is -2.02. The molecule has 0 aliphatic rings. The highest BCUT2D eigenvalue weighted by atomic mass is 32.1. The van der Waals surface area contributed by atoms with Gasteiger partial charge >= 0.3 is 0 Å². The predicted molar refractivity (Wildman–Crippen MR) is 84.8 cm³/mol. The monoisotopic (exact) mass is 279 g/mol. The summed E-state index contributed by atoms with van der Waals surface area (Å²) in [5.74, 6) is 2.74. The second-order valence-electron chi connectivity index (χ2n) is 4.94. The number of terminal acetylenes is 1. The third-order valence-corrected chi connectivity index (χ3v) is 4.50. The fourth-order valence-electron chi connectivity index (χ4n) is 2.69.